The van der Waals surface area contributed by atoms with Crippen LogP contribution in [0.15, 0.2) is 0 Å². The van der Waals surface area contributed by atoms with Crippen molar-refractivity contribution < 1.29 is 14.6 Å². The third-order valence-corrected chi connectivity index (χ3v) is 2.63. The van der Waals surface area contributed by atoms with E-state index in [1.807, 2.05) is 13.8 Å². The van der Waals surface area contributed by atoms with Crippen LogP contribution in [0.3, 0.4) is 0 Å². The van der Waals surface area contributed by atoms with E-state index in [1.54, 1.807) is 0 Å². The number of nitrogens with one attached hydrogen (secondary N) is 1. The fourth-order valence-corrected chi connectivity index (χ4v) is 1.63. The molecule has 2 N–H and O–H groups in total. The lowest BCUT2D eigenvalue weighted by molar-refractivity contribution is -0.124. The molecule has 1 aliphatic heterocycles. The van der Waals surface area contributed by atoms with Gasteiger partial charge in [0.1, 0.15) is 0 Å². The zero-order valence-electron chi connectivity index (χ0n) is 9.58. The maximum atomic E-state index is 11.4. The van der Waals surface area contributed by atoms with Crippen LogP contribution in [0.25, 0.3) is 0 Å². The molecule has 88 valence electrons. The van der Waals surface area contributed by atoms with Gasteiger partial charge in [0, 0.05) is 39.0 Å². The van der Waals surface area contributed by atoms with Crippen LogP contribution in [0.5, 0.6) is 0 Å². The third-order valence-electron chi connectivity index (χ3n) is 2.63. The molecule has 0 radical (unpaired) electrons. The summed E-state index contributed by atoms with van der Waals surface area (Å²) < 4.78 is 5.16. The SMILES string of the molecule is CC(C)CC(=O)NCC1(O)CCOCC1. The highest BCUT2D eigenvalue weighted by molar-refractivity contribution is 5.76. The Bertz CT molecular complexity index is 210. The molecule has 0 aromatic carbocycles. The molecule has 1 rings (SSSR count). The quantitative estimate of drug-likeness (QED) is 0.725. The molecular formula is C11H21NO3. The van der Waals surface area contributed by atoms with Crippen molar-refractivity contribution in [2.75, 3.05) is 19.8 Å². The van der Waals surface area contributed by atoms with E-state index in [-0.39, 0.29) is 5.91 Å². The molecule has 0 atom stereocenters. The molecule has 0 unspecified atom stereocenters. The number of aliphatic hydroxyl groups is 1. The summed E-state index contributed by atoms with van der Waals surface area (Å²) in [6, 6.07) is 0. The van der Waals surface area contributed by atoms with Crippen molar-refractivity contribution in [1.29, 1.82) is 0 Å². The summed E-state index contributed by atoms with van der Waals surface area (Å²) in [6.07, 6.45) is 1.73. The molecule has 0 aliphatic carbocycles. The zero-order valence-corrected chi connectivity index (χ0v) is 9.58. The first kappa shape index (κ1) is 12.5. The van der Waals surface area contributed by atoms with Gasteiger partial charge in [-0.1, -0.05) is 13.8 Å². The molecule has 1 amide bonds. The van der Waals surface area contributed by atoms with Gasteiger partial charge in [-0.3, -0.25) is 4.79 Å². The van der Waals surface area contributed by atoms with Crippen LogP contribution in [0.4, 0.5) is 0 Å². The van der Waals surface area contributed by atoms with Gasteiger partial charge in [-0.2, -0.15) is 0 Å². The van der Waals surface area contributed by atoms with Gasteiger partial charge in [-0.25, -0.2) is 0 Å². The van der Waals surface area contributed by atoms with E-state index in [0.717, 1.165) is 0 Å². The second kappa shape index (κ2) is 5.47. The summed E-state index contributed by atoms with van der Waals surface area (Å²) >= 11 is 0. The predicted molar refractivity (Wildman–Crippen MR) is 57.5 cm³/mol. The van der Waals surface area contributed by atoms with Crippen molar-refractivity contribution >= 4 is 5.91 Å². The first-order chi connectivity index (χ1) is 7.02. The van der Waals surface area contributed by atoms with Crippen LogP contribution in [0.1, 0.15) is 33.1 Å². The fraction of sp³-hybridized carbons (Fsp3) is 0.909. The molecule has 0 aromatic heterocycles. The summed E-state index contributed by atoms with van der Waals surface area (Å²) in [5.41, 5.74) is -0.759. The Morgan fingerprint density at radius 2 is 2.07 bits per heavy atom. The van der Waals surface area contributed by atoms with Crippen LogP contribution in [-0.4, -0.2) is 36.4 Å². The normalized spacial score (nSPS) is 20.3. The first-order valence-corrected chi connectivity index (χ1v) is 5.59. The van der Waals surface area contributed by atoms with Crippen molar-refractivity contribution in [2.45, 2.75) is 38.7 Å². The fourth-order valence-electron chi connectivity index (χ4n) is 1.63. The Morgan fingerprint density at radius 1 is 1.47 bits per heavy atom. The Kier molecular flexibility index (Phi) is 4.54. The number of hydrogen-bond acceptors (Lipinski definition) is 3. The maximum absolute atomic E-state index is 11.4. The van der Waals surface area contributed by atoms with Crippen LogP contribution < -0.4 is 5.32 Å². The van der Waals surface area contributed by atoms with E-state index in [0.29, 0.717) is 44.9 Å². The van der Waals surface area contributed by atoms with Gasteiger partial charge in [-0.05, 0) is 5.92 Å². The Balaban J connectivity index is 2.25. The Morgan fingerprint density at radius 3 is 2.60 bits per heavy atom. The first-order valence-electron chi connectivity index (χ1n) is 5.59. The van der Waals surface area contributed by atoms with Crippen LogP contribution in [-0.2, 0) is 9.53 Å². The van der Waals surface area contributed by atoms with Gasteiger partial charge in [0.05, 0.1) is 5.60 Å². The Labute approximate surface area is 91.0 Å². The summed E-state index contributed by atoms with van der Waals surface area (Å²) in [6.45, 7) is 5.51. The molecule has 15 heavy (non-hydrogen) atoms. The van der Waals surface area contributed by atoms with Gasteiger partial charge >= 0.3 is 0 Å². The number of amides is 1. The lowest BCUT2D eigenvalue weighted by atomic mass is 9.94. The lowest BCUT2D eigenvalue weighted by Crippen LogP contribution is -2.46. The van der Waals surface area contributed by atoms with Crippen LogP contribution in [0, 0.1) is 5.92 Å². The second-order valence-electron chi connectivity index (χ2n) is 4.71. The summed E-state index contributed by atoms with van der Waals surface area (Å²) in [4.78, 5) is 11.4. The monoisotopic (exact) mass is 215 g/mol. The molecule has 1 aliphatic rings. The maximum Gasteiger partial charge on any atom is 0.220 e. The molecule has 1 saturated heterocycles. The number of ether oxygens (including phenoxy) is 1. The predicted octanol–water partition coefficient (Wildman–Crippen LogP) is 0.690. The van der Waals surface area contributed by atoms with Crippen molar-refractivity contribution in [3.63, 3.8) is 0 Å². The molecule has 1 heterocycles. The van der Waals surface area contributed by atoms with Crippen LogP contribution in [0.2, 0.25) is 0 Å². The van der Waals surface area contributed by atoms with E-state index in [4.69, 9.17) is 4.74 Å². The minimum absolute atomic E-state index is 0.0184. The van der Waals surface area contributed by atoms with Crippen molar-refractivity contribution in [3.8, 4) is 0 Å². The molecule has 0 aromatic rings. The van der Waals surface area contributed by atoms with E-state index in [1.165, 1.54) is 0 Å². The zero-order chi connectivity index (χ0) is 11.3. The minimum Gasteiger partial charge on any atom is -0.388 e. The van der Waals surface area contributed by atoms with Gasteiger partial charge in [0.2, 0.25) is 5.91 Å². The molecule has 4 nitrogen and oxygen atoms in total. The summed E-state index contributed by atoms with van der Waals surface area (Å²) in [7, 11) is 0. The highest BCUT2D eigenvalue weighted by atomic mass is 16.5. The van der Waals surface area contributed by atoms with Gasteiger partial charge in [0.15, 0.2) is 0 Å². The molecule has 4 heteroatoms. The lowest BCUT2D eigenvalue weighted by Gasteiger charge is -2.32. The molecular weight excluding hydrogens is 194 g/mol. The highest BCUT2D eigenvalue weighted by Gasteiger charge is 2.29. The van der Waals surface area contributed by atoms with Crippen molar-refractivity contribution in [2.24, 2.45) is 5.92 Å². The molecule has 1 fully saturated rings. The van der Waals surface area contributed by atoms with E-state index in [2.05, 4.69) is 5.32 Å². The summed E-state index contributed by atoms with van der Waals surface area (Å²) in [5, 5.41) is 12.8. The van der Waals surface area contributed by atoms with E-state index < -0.39 is 5.60 Å². The van der Waals surface area contributed by atoms with Gasteiger partial charge in [-0.15, -0.1) is 0 Å². The standard InChI is InChI=1S/C11H21NO3/c1-9(2)7-10(13)12-8-11(14)3-5-15-6-4-11/h9,14H,3-8H2,1-2H3,(H,12,13). The molecule has 0 bridgehead atoms. The average molecular weight is 215 g/mol. The van der Waals surface area contributed by atoms with Gasteiger partial charge < -0.3 is 15.2 Å². The average Bonchev–Trinajstić information content (AvgIpc) is 2.15. The number of carbonyl (C=O) groups is 1. The Hall–Kier alpha value is -0.610. The largest absolute Gasteiger partial charge is 0.388 e. The second-order valence-corrected chi connectivity index (χ2v) is 4.71. The van der Waals surface area contributed by atoms with Crippen molar-refractivity contribution in [3.05, 3.63) is 0 Å². The number of carbonyl (C=O) groups excluding carboxylic acids is 1. The minimum atomic E-state index is -0.759. The van der Waals surface area contributed by atoms with Crippen molar-refractivity contribution in [1.82, 2.24) is 5.32 Å². The third kappa shape index (κ3) is 4.62. The van der Waals surface area contributed by atoms with E-state index in [9.17, 15) is 9.90 Å². The summed E-state index contributed by atoms with van der Waals surface area (Å²) in [5.74, 6) is 0.374. The number of hydrogen-bond donors (Lipinski definition) is 2. The van der Waals surface area contributed by atoms with Crippen LogP contribution >= 0.6 is 0 Å². The molecule has 0 saturated carbocycles. The highest BCUT2D eigenvalue weighted by Crippen LogP contribution is 2.19. The topological polar surface area (TPSA) is 58.6 Å². The van der Waals surface area contributed by atoms with E-state index >= 15 is 0 Å². The van der Waals surface area contributed by atoms with Gasteiger partial charge in [0.25, 0.3) is 0 Å². The molecule has 0 spiro atoms. The number of rotatable bonds is 4. The smallest absolute Gasteiger partial charge is 0.220 e.